The van der Waals surface area contributed by atoms with Gasteiger partial charge in [0.15, 0.2) is 0 Å². The minimum atomic E-state index is 0. The first-order valence-corrected chi connectivity index (χ1v) is 11.1. The first-order valence-electron chi connectivity index (χ1n) is 10.1. The van der Waals surface area contributed by atoms with E-state index in [0.29, 0.717) is 0 Å². The standard InChI is InChI=1S/C21H25.C5H5.CH2Cl2.Zr/c1-20(2,3)16-9-7-14-11-15-8-10-17(21(4,5)6)13-19(15)18(14)12-16;1-2-4-5-3-1;2-1-3;/h7,9-10,12-13H,11H2,1-6H3;1-5H;1H2;/q2*-1;;+2. The summed E-state index contributed by atoms with van der Waals surface area (Å²) >= 11 is 9.53. The summed E-state index contributed by atoms with van der Waals surface area (Å²) in [7, 11) is 0. The largest absolute Gasteiger partial charge is 2.00 e. The van der Waals surface area contributed by atoms with Crippen LogP contribution < -0.4 is 0 Å². The molecule has 0 amide bonds. The summed E-state index contributed by atoms with van der Waals surface area (Å²) < 4.78 is 0. The van der Waals surface area contributed by atoms with Gasteiger partial charge in [-0.3, -0.25) is 0 Å². The third-order valence-corrected chi connectivity index (χ3v) is 5.08. The first-order chi connectivity index (χ1) is 13.6. The van der Waals surface area contributed by atoms with Crippen LogP contribution in [0.15, 0.2) is 60.7 Å². The van der Waals surface area contributed by atoms with Crippen molar-refractivity contribution in [2.75, 3.05) is 5.34 Å². The minimum absolute atomic E-state index is 0. The van der Waals surface area contributed by atoms with Crippen LogP contribution in [0.2, 0.25) is 0 Å². The van der Waals surface area contributed by atoms with Crippen LogP contribution in [-0.4, -0.2) is 5.34 Å². The molecular formula is C27H32Cl2Zr. The SMILES string of the molecule is CC(C)(C)c1c[c-]c2c(c1)-c1cc(C(C)(C)C)ccc1C2.ClCCl.[Zr+2].c1cc[cH-]c1. The molecule has 0 spiro atoms. The molecule has 4 rings (SSSR count). The Kier molecular flexibility index (Phi) is 10.7. The Labute approximate surface area is 212 Å². The van der Waals surface area contributed by atoms with E-state index in [-0.39, 0.29) is 42.4 Å². The van der Waals surface area contributed by atoms with Gasteiger partial charge in [0.2, 0.25) is 0 Å². The van der Waals surface area contributed by atoms with Gasteiger partial charge in [0, 0.05) is 0 Å². The monoisotopic (exact) mass is 516 g/mol. The van der Waals surface area contributed by atoms with Gasteiger partial charge in [-0.25, -0.2) is 12.1 Å². The molecule has 3 aromatic carbocycles. The number of hydrogen-bond donors (Lipinski definition) is 0. The average Bonchev–Trinajstić information content (AvgIpc) is 3.31. The van der Waals surface area contributed by atoms with Gasteiger partial charge in [0.05, 0.1) is 5.34 Å². The molecule has 0 saturated heterocycles. The van der Waals surface area contributed by atoms with Crippen LogP contribution in [0.4, 0.5) is 0 Å². The van der Waals surface area contributed by atoms with Crippen molar-refractivity contribution >= 4 is 23.2 Å². The van der Waals surface area contributed by atoms with Crippen molar-refractivity contribution < 1.29 is 26.2 Å². The van der Waals surface area contributed by atoms with Gasteiger partial charge in [-0.05, 0) is 17.4 Å². The molecule has 0 aliphatic heterocycles. The maximum Gasteiger partial charge on any atom is 2.00 e. The van der Waals surface area contributed by atoms with Crippen LogP contribution in [0.25, 0.3) is 11.1 Å². The number of alkyl halides is 2. The van der Waals surface area contributed by atoms with Crippen LogP contribution in [0, 0.1) is 6.07 Å². The quantitative estimate of drug-likeness (QED) is 0.162. The fourth-order valence-corrected chi connectivity index (χ4v) is 3.31. The normalized spacial score (nSPS) is 11.7. The van der Waals surface area contributed by atoms with Gasteiger partial charge in [0.25, 0.3) is 0 Å². The molecule has 0 N–H and O–H groups in total. The molecule has 0 heterocycles. The summed E-state index contributed by atoms with van der Waals surface area (Å²) in [5.74, 6) is 0. The second-order valence-electron chi connectivity index (χ2n) is 9.39. The molecule has 1 aliphatic carbocycles. The molecule has 0 unspecified atom stereocenters. The van der Waals surface area contributed by atoms with Crippen molar-refractivity contribution in [2.45, 2.75) is 58.8 Å². The molecule has 0 aromatic heterocycles. The Morgan fingerprint density at radius 1 is 0.867 bits per heavy atom. The van der Waals surface area contributed by atoms with Gasteiger partial charge in [0.1, 0.15) is 0 Å². The predicted octanol–water partition coefficient (Wildman–Crippen LogP) is 8.48. The molecule has 0 fully saturated rings. The van der Waals surface area contributed by atoms with E-state index in [0.717, 1.165) is 6.42 Å². The van der Waals surface area contributed by atoms with E-state index in [1.165, 1.54) is 33.4 Å². The Bertz CT molecular complexity index is 819. The van der Waals surface area contributed by atoms with Crippen molar-refractivity contribution in [3.8, 4) is 11.1 Å². The molecule has 0 bridgehead atoms. The molecule has 0 atom stereocenters. The van der Waals surface area contributed by atoms with Crippen LogP contribution in [0.5, 0.6) is 0 Å². The first kappa shape index (κ1) is 27.3. The van der Waals surface area contributed by atoms with Crippen molar-refractivity contribution in [2.24, 2.45) is 0 Å². The van der Waals surface area contributed by atoms with Crippen LogP contribution in [-0.2, 0) is 43.5 Å². The summed E-state index contributed by atoms with van der Waals surface area (Å²) in [5, 5.41) is 0.194. The minimum Gasteiger partial charge on any atom is -0.214 e. The van der Waals surface area contributed by atoms with E-state index < -0.39 is 0 Å². The summed E-state index contributed by atoms with van der Waals surface area (Å²) in [6.07, 6.45) is 1.03. The third-order valence-electron chi connectivity index (χ3n) is 5.08. The number of hydrogen-bond acceptors (Lipinski definition) is 0. The zero-order chi connectivity index (χ0) is 21.7. The van der Waals surface area contributed by atoms with Crippen molar-refractivity contribution in [1.29, 1.82) is 0 Å². The topological polar surface area (TPSA) is 0 Å². The maximum absolute atomic E-state index is 4.76. The van der Waals surface area contributed by atoms with Crippen LogP contribution in [0.3, 0.4) is 0 Å². The molecule has 0 saturated carbocycles. The summed E-state index contributed by atoms with van der Waals surface area (Å²) in [6.45, 7) is 13.6. The summed E-state index contributed by atoms with van der Waals surface area (Å²) in [6, 6.07) is 25.1. The van der Waals surface area contributed by atoms with Gasteiger partial charge in [-0.1, -0.05) is 76.3 Å². The number of rotatable bonds is 0. The number of halogens is 2. The summed E-state index contributed by atoms with van der Waals surface area (Å²) in [4.78, 5) is 0. The fourth-order valence-electron chi connectivity index (χ4n) is 3.31. The second-order valence-corrected chi connectivity index (χ2v) is 10.2. The van der Waals surface area contributed by atoms with Crippen molar-refractivity contribution in [1.82, 2.24) is 0 Å². The molecule has 3 aromatic rings. The van der Waals surface area contributed by atoms with E-state index in [9.17, 15) is 0 Å². The van der Waals surface area contributed by atoms with Crippen LogP contribution in [0.1, 0.15) is 63.8 Å². The van der Waals surface area contributed by atoms with Gasteiger partial charge in [-0.15, -0.1) is 28.8 Å². The Morgan fingerprint density at radius 3 is 1.87 bits per heavy atom. The number of fused-ring (bicyclic) bond motifs is 3. The molecule has 3 heteroatoms. The molecular weight excluding hydrogens is 486 g/mol. The Morgan fingerprint density at radius 2 is 1.40 bits per heavy atom. The third kappa shape index (κ3) is 7.44. The molecule has 0 radical (unpaired) electrons. The van der Waals surface area contributed by atoms with E-state index in [4.69, 9.17) is 23.2 Å². The zero-order valence-electron chi connectivity index (χ0n) is 18.9. The van der Waals surface area contributed by atoms with E-state index in [1.54, 1.807) is 0 Å². The van der Waals surface area contributed by atoms with Gasteiger partial charge >= 0.3 is 26.2 Å². The van der Waals surface area contributed by atoms with E-state index in [2.05, 4.69) is 77.9 Å². The fraction of sp³-hybridized carbons (Fsp3) is 0.370. The molecule has 30 heavy (non-hydrogen) atoms. The average molecular weight is 519 g/mol. The Balaban J connectivity index is 0.000000424. The van der Waals surface area contributed by atoms with Crippen molar-refractivity contribution in [3.63, 3.8) is 0 Å². The van der Waals surface area contributed by atoms with Gasteiger partial charge in [-0.2, -0.15) is 47.5 Å². The molecule has 1 aliphatic rings. The predicted molar refractivity (Wildman–Crippen MR) is 130 cm³/mol. The van der Waals surface area contributed by atoms with E-state index in [1.807, 2.05) is 30.3 Å². The van der Waals surface area contributed by atoms with Gasteiger partial charge < -0.3 is 0 Å². The smallest absolute Gasteiger partial charge is 0.214 e. The molecule has 0 nitrogen and oxygen atoms in total. The number of benzene rings is 2. The van der Waals surface area contributed by atoms with Crippen molar-refractivity contribution in [3.05, 3.63) is 89.0 Å². The van der Waals surface area contributed by atoms with Crippen LogP contribution >= 0.6 is 23.2 Å². The summed E-state index contributed by atoms with van der Waals surface area (Å²) in [5.41, 5.74) is 8.76. The zero-order valence-corrected chi connectivity index (χ0v) is 22.9. The second kappa shape index (κ2) is 11.8. The van der Waals surface area contributed by atoms with E-state index >= 15 is 0 Å². The molecule has 158 valence electrons. The Hall–Kier alpha value is -0.747. The maximum atomic E-state index is 4.76.